The van der Waals surface area contributed by atoms with Gasteiger partial charge in [-0.25, -0.2) is 9.97 Å². The number of pyridine rings is 1. The number of halogens is 3. The molecule has 1 saturated heterocycles. The van der Waals surface area contributed by atoms with Gasteiger partial charge in [-0.15, -0.1) is 0 Å². The molecule has 188 valence electrons. The van der Waals surface area contributed by atoms with Crippen LogP contribution in [-0.4, -0.2) is 39.9 Å². The number of nitrogens with one attached hydrogen (secondary N) is 2. The number of carbonyl (C=O) groups is 2. The molecule has 0 bridgehead atoms. The number of anilines is 2. The molecule has 8 nitrogen and oxygen atoms in total. The van der Waals surface area contributed by atoms with E-state index in [4.69, 9.17) is 4.74 Å². The Morgan fingerprint density at radius 1 is 1.11 bits per heavy atom. The molecule has 1 fully saturated rings. The topological polar surface area (TPSA) is 106 Å². The van der Waals surface area contributed by atoms with Crippen molar-refractivity contribution < 1.29 is 27.5 Å². The number of ether oxygens (including phenoxy) is 1. The molecule has 0 saturated carbocycles. The zero-order chi connectivity index (χ0) is 25.8. The van der Waals surface area contributed by atoms with Gasteiger partial charge in [-0.05, 0) is 37.1 Å². The molecule has 1 aromatic carbocycles. The Balaban J connectivity index is 1.41. The number of hydrogen-bond acceptors (Lipinski definition) is 7. The molecule has 0 aliphatic carbocycles. The van der Waals surface area contributed by atoms with Crippen LogP contribution in [0, 0.1) is 12.3 Å². The predicted molar refractivity (Wildman–Crippen MR) is 124 cm³/mol. The molecule has 1 atom stereocenters. The minimum atomic E-state index is -4.50. The molecule has 1 aliphatic rings. The maximum atomic E-state index is 13.4. The van der Waals surface area contributed by atoms with Crippen LogP contribution in [0.4, 0.5) is 24.5 Å². The van der Waals surface area contributed by atoms with Crippen molar-refractivity contribution in [3.63, 3.8) is 0 Å². The SMILES string of the molecule is Cc1cccc(C(F)(F)F)c1Nc1ccc(CNC(=O)[C@]2(CC(=O)c3cncnc3)CCOC2)nc1. The standard InChI is InChI=1S/C25H24F3N5O3/c1-16-3-2-4-20(25(26,27)28)22(16)33-19-6-5-18(31-13-19)12-32-23(35)24(7-8-36-14-24)9-21(34)17-10-29-15-30-11-17/h2-6,10-11,13,15,33H,7-9,12,14H2,1H3,(H,32,35)/t24-/m0/s1. The van der Waals surface area contributed by atoms with Crippen LogP contribution in [0.15, 0.2) is 55.2 Å². The van der Waals surface area contributed by atoms with Gasteiger partial charge in [0.15, 0.2) is 5.78 Å². The molecule has 0 radical (unpaired) electrons. The van der Waals surface area contributed by atoms with Crippen molar-refractivity contribution in [2.24, 2.45) is 5.41 Å². The number of carbonyl (C=O) groups excluding carboxylic acids is 2. The lowest BCUT2D eigenvalue weighted by molar-refractivity contribution is -0.137. The molecule has 11 heteroatoms. The first-order valence-corrected chi connectivity index (χ1v) is 11.2. The zero-order valence-corrected chi connectivity index (χ0v) is 19.4. The van der Waals surface area contributed by atoms with E-state index in [-0.39, 0.29) is 37.0 Å². The summed E-state index contributed by atoms with van der Waals surface area (Å²) in [7, 11) is 0. The number of ketones is 1. The van der Waals surface area contributed by atoms with Gasteiger partial charge in [-0.1, -0.05) is 12.1 Å². The van der Waals surface area contributed by atoms with Gasteiger partial charge in [0, 0.05) is 25.4 Å². The summed E-state index contributed by atoms with van der Waals surface area (Å²) in [5.41, 5.74) is -0.157. The molecular weight excluding hydrogens is 475 g/mol. The summed E-state index contributed by atoms with van der Waals surface area (Å²) in [6, 6.07) is 7.17. The largest absolute Gasteiger partial charge is 0.418 e. The number of amides is 1. The maximum absolute atomic E-state index is 13.4. The van der Waals surface area contributed by atoms with Gasteiger partial charge in [0.2, 0.25) is 5.91 Å². The van der Waals surface area contributed by atoms with Crippen molar-refractivity contribution >= 4 is 23.1 Å². The third-order valence-corrected chi connectivity index (χ3v) is 6.07. The fourth-order valence-corrected chi connectivity index (χ4v) is 4.03. The van der Waals surface area contributed by atoms with Gasteiger partial charge in [0.1, 0.15) is 6.33 Å². The molecule has 3 aromatic rings. The second-order valence-electron chi connectivity index (χ2n) is 8.65. The van der Waals surface area contributed by atoms with Gasteiger partial charge in [0.05, 0.1) is 53.0 Å². The van der Waals surface area contributed by atoms with Crippen LogP contribution < -0.4 is 10.6 Å². The van der Waals surface area contributed by atoms with Crippen molar-refractivity contribution in [2.75, 3.05) is 18.5 Å². The van der Waals surface area contributed by atoms with E-state index in [1.807, 2.05) is 0 Å². The molecular formula is C25H24F3N5O3. The van der Waals surface area contributed by atoms with Crippen LogP contribution in [0.5, 0.6) is 0 Å². The number of benzene rings is 1. The summed E-state index contributed by atoms with van der Waals surface area (Å²) >= 11 is 0. The van der Waals surface area contributed by atoms with Crippen molar-refractivity contribution in [1.82, 2.24) is 20.3 Å². The smallest absolute Gasteiger partial charge is 0.380 e. The summed E-state index contributed by atoms with van der Waals surface area (Å²) in [4.78, 5) is 37.7. The number of alkyl halides is 3. The van der Waals surface area contributed by atoms with Gasteiger partial charge >= 0.3 is 6.18 Å². The Bertz CT molecular complexity index is 1230. The Kier molecular flexibility index (Phi) is 7.30. The van der Waals surface area contributed by atoms with Crippen molar-refractivity contribution in [1.29, 1.82) is 0 Å². The Hall–Kier alpha value is -3.86. The highest BCUT2D eigenvalue weighted by molar-refractivity contribution is 5.99. The Labute approximate surface area is 205 Å². The molecule has 1 amide bonds. The molecule has 0 spiro atoms. The summed E-state index contributed by atoms with van der Waals surface area (Å²) < 4.78 is 45.6. The first-order valence-electron chi connectivity index (χ1n) is 11.2. The number of Topliss-reactive ketones (excluding diaryl/α,β-unsaturated/α-hetero) is 1. The fourth-order valence-electron chi connectivity index (χ4n) is 4.03. The highest BCUT2D eigenvalue weighted by Crippen LogP contribution is 2.38. The molecule has 1 aliphatic heterocycles. The minimum Gasteiger partial charge on any atom is -0.380 e. The highest BCUT2D eigenvalue weighted by Gasteiger charge is 2.44. The number of aryl methyl sites for hydroxylation is 1. The van der Waals surface area contributed by atoms with Crippen LogP contribution >= 0.6 is 0 Å². The molecule has 2 N–H and O–H groups in total. The first kappa shape index (κ1) is 25.2. The molecule has 0 unspecified atom stereocenters. The van der Waals surface area contributed by atoms with Crippen LogP contribution in [-0.2, 0) is 22.3 Å². The number of hydrogen-bond donors (Lipinski definition) is 2. The lowest BCUT2D eigenvalue weighted by Crippen LogP contribution is -2.42. The fraction of sp³-hybridized carbons (Fsp3) is 0.320. The second-order valence-corrected chi connectivity index (χ2v) is 8.65. The monoisotopic (exact) mass is 499 g/mol. The second kappa shape index (κ2) is 10.4. The summed E-state index contributed by atoms with van der Waals surface area (Å²) in [6.07, 6.45) is 1.40. The van der Waals surface area contributed by atoms with E-state index in [9.17, 15) is 22.8 Å². The average Bonchev–Trinajstić information content (AvgIpc) is 3.34. The highest BCUT2D eigenvalue weighted by atomic mass is 19.4. The molecule has 36 heavy (non-hydrogen) atoms. The number of para-hydroxylation sites is 1. The molecule has 3 heterocycles. The van der Waals surface area contributed by atoms with Crippen LogP contribution in [0.25, 0.3) is 0 Å². The number of aromatic nitrogens is 3. The summed E-state index contributed by atoms with van der Waals surface area (Å²) in [5.74, 6) is -0.580. The maximum Gasteiger partial charge on any atom is 0.418 e. The summed E-state index contributed by atoms with van der Waals surface area (Å²) in [6.45, 7) is 2.16. The van der Waals surface area contributed by atoms with E-state index in [0.29, 0.717) is 35.5 Å². The predicted octanol–water partition coefficient (Wildman–Crippen LogP) is 4.24. The first-order chi connectivity index (χ1) is 17.2. The van der Waals surface area contributed by atoms with Crippen LogP contribution in [0.2, 0.25) is 0 Å². The van der Waals surface area contributed by atoms with E-state index in [2.05, 4.69) is 25.6 Å². The minimum absolute atomic E-state index is 0.0375. The Morgan fingerprint density at radius 3 is 2.53 bits per heavy atom. The third-order valence-electron chi connectivity index (χ3n) is 6.07. The van der Waals surface area contributed by atoms with Crippen molar-refractivity contribution in [2.45, 2.75) is 32.5 Å². The summed E-state index contributed by atoms with van der Waals surface area (Å²) in [5, 5.41) is 5.61. The lowest BCUT2D eigenvalue weighted by Gasteiger charge is -2.25. The Morgan fingerprint density at radius 2 is 1.89 bits per heavy atom. The van der Waals surface area contributed by atoms with Gasteiger partial charge < -0.3 is 15.4 Å². The van der Waals surface area contributed by atoms with Crippen LogP contribution in [0.3, 0.4) is 0 Å². The van der Waals surface area contributed by atoms with Gasteiger partial charge in [-0.3, -0.25) is 14.6 Å². The third kappa shape index (κ3) is 5.68. The van der Waals surface area contributed by atoms with E-state index >= 15 is 0 Å². The van der Waals surface area contributed by atoms with E-state index in [1.165, 1.54) is 31.0 Å². The van der Waals surface area contributed by atoms with Gasteiger partial charge in [0.25, 0.3) is 0 Å². The molecule has 2 aromatic heterocycles. The van der Waals surface area contributed by atoms with Crippen LogP contribution in [0.1, 0.15) is 40.0 Å². The molecule has 4 rings (SSSR count). The normalized spacial score (nSPS) is 17.6. The van der Waals surface area contributed by atoms with E-state index in [0.717, 1.165) is 6.07 Å². The van der Waals surface area contributed by atoms with E-state index < -0.39 is 17.2 Å². The van der Waals surface area contributed by atoms with Crippen molar-refractivity contribution in [3.8, 4) is 0 Å². The number of nitrogens with zero attached hydrogens (tertiary/aromatic N) is 3. The quantitative estimate of drug-likeness (QED) is 0.447. The lowest BCUT2D eigenvalue weighted by atomic mass is 9.80. The zero-order valence-electron chi connectivity index (χ0n) is 19.4. The van der Waals surface area contributed by atoms with Gasteiger partial charge in [-0.2, -0.15) is 13.2 Å². The average molecular weight is 499 g/mol. The number of rotatable bonds is 8. The van der Waals surface area contributed by atoms with Crippen molar-refractivity contribution in [3.05, 3.63) is 77.6 Å². The van der Waals surface area contributed by atoms with E-state index in [1.54, 1.807) is 25.1 Å².